The van der Waals surface area contributed by atoms with Gasteiger partial charge in [0.05, 0.1) is 34.3 Å². The van der Waals surface area contributed by atoms with Crippen molar-refractivity contribution in [3.05, 3.63) is 82.9 Å². The van der Waals surface area contributed by atoms with Crippen molar-refractivity contribution in [2.75, 3.05) is 21.8 Å². The molecule has 2 N–H and O–H groups in total. The van der Waals surface area contributed by atoms with Crippen LogP contribution in [0.2, 0.25) is 0 Å². The summed E-state index contributed by atoms with van der Waals surface area (Å²) in [6, 6.07) is 13.1. The van der Waals surface area contributed by atoms with Gasteiger partial charge in [-0.2, -0.15) is 18.4 Å². The van der Waals surface area contributed by atoms with Crippen LogP contribution in [-0.2, 0) is 27.4 Å². The van der Waals surface area contributed by atoms with E-state index in [0.717, 1.165) is 52.7 Å². The third kappa shape index (κ3) is 6.34. The lowest BCUT2D eigenvalue weighted by Gasteiger charge is -2.29. The molecule has 0 aromatic heterocycles. The highest BCUT2D eigenvalue weighted by atomic mass is 32.2. The summed E-state index contributed by atoms with van der Waals surface area (Å²) in [6.07, 6.45) is -1.95. The van der Waals surface area contributed by atoms with E-state index in [1.807, 2.05) is 0 Å². The lowest BCUT2D eigenvalue weighted by atomic mass is 10.0. The van der Waals surface area contributed by atoms with Gasteiger partial charge in [0, 0.05) is 17.6 Å². The maximum Gasteiger partial charge on any atom is 0.416 e. The molecule has 0 bridgehead atoms. The Balaban J connectivity index is 1.44. The molecule has 2 fully saturated rings. The van der Waals surface area contributed by atoms with E-state index in [9.17, 15) is 41.2 Å². The maximum absolute atomic E-state index is 13.7. The molecule has 0 atom stereocenters. The second-order valence-corrected chi connectivity index (χ2v) is 13.5. The Labute approximate surface area is 257 Å². The number of benzene rings is 3. The molecule has 14 heteroatoms. The van der Waals surface area contributed by atoms with Crippen molar-refractivity contribution in [3.8, 4) is 6.07 Å². The quantitative estimate of drug-likeness (QED) is 0.293. The Kier molecular flexibility index (Phi) is 7.86. The highest BCUT2D eigenvalue weighted by Crippen LogP contribution is 2.44. The molecular formula is C31H28F3N5O5S. The van der Waals surface area contributed by atoms with Crippen LogP contribution in [0.15, 0.2) is 65.6 Å². The highest BCUT2D eigenvalue weighted by molar-refractivity contribution is 7.90. The van der Waals surface area contributed by atoms with Gasteiger partial charge in [-0.05, 0) is 104 Å². The number of halogens is 3. The van der Waals surface area contributed by atoms with Crippen molar-refractivity contribution in [1.29, 1.82) is 5.26 Å². The predicted molar refractivity (Wildman–Crippen MR) is 159 cm³/mol. The second-order valence-electron chi connectivity index (χ2n) is 11.5. The van der Waals surface area contributed by atoms with E-state index in [1.165, 1.54) is 44.2 Å². The molecule has 3 aromatic carbocycles. The van der Waals surface area contributed by atoms with Crippen LogP contribution in [0.4, 0.5) is 39.8 Å². The van der Waals surface area contributed by atoms with E-state index >= 15 is 0 Å². The summed E-state index contributed by atoms with van der Waals surface area (Å²) in [5.41, 5.74) is -0.967. The van der Waals surface area contributed by atoms with Gasteiger partial charge >= 0.3 is 18.2 Å². The average molecular weight is 640 g/mol. The van der Waals surface area contributed by atoms with E-state index in [2.05, 4.69) is 16.7 Å². The zero-order valence-corrected chi connectivity index (χ0v) is 25.2. The van der Waals surface area contributed by atoms with Gasteiger partial charge in [-0.1, -0.05) is 0 Å². The molecule has 10 nitrogen and oxygen atoms in total. The van der Waals surface area contributed by atoms with Crippen LogP contribution >= 0.6 is 0 Å². The van der Waals surface area contributed by atoms with Crippen LogP contribution in [-0.4, -0.2) is 43.1 Å². The molecule has 0 unspecified atom stereocenters. The van der Waals surface area contributed by atoms with E-state index < -0.39 is 51.6 Å². The lowest BCUT2D eigenvalue weighted by Crippen LogP contribution is -2.43. The first kappa shape index (κ1) is 31.5. The van der Waals surface area contributed by atoms with Crippen molar-refractivity contribution in [3.63, 3.8) is 0 Å². The van der Waals surface area contributed by atoms with E-state index in [1.54, 1.807) is 12.1 Å². The number of carbonyl (C=O) groups excluding carboxylic acids is 3. The fraction of sp³-hybridized carbons (Fsp3) is 0.290. The van der Waals surface area contributed by atoms with Gasteiger partial charge < -0.3 is 15.5 Å². The predicted octanol–water partition coefficient (Wildman–Crippen LogP) is 6.25. The first-order chi connectivity index (χ1) is 21.0. The van der Waals surface area contributed by atoms with Crippen molar-refractivity contribution < 1.29 is 36.0 Å². The van der Waals surface area contributed by atoms with Gasteiger partial charge in [-0.15, -0.1) is 0 Å². The monoisotopic (exact) mass is 639 g/mol. The minimum Gasteiger partial charge on any atom is -0.308 e. The zero-order valence-electron chi connectivity index (χ0n) is 24.4. The summed E-state index contributed by atoms with van der Waals surface area (Å²) in [7, 11) is -3.47. The smallest absolute Gasteiger partial charge is 0.308 e. The number of nitriles is 1. The molecule has 3 aromatic rings. The number of anilines is 3. The lowest BCUT2D eigenvalue weighted by molar-refractivity contribution is -0.137. The van der Waals surface area contributed by atoms with Crippen LogP contribution in [0.25, 0.3) is 0 Å². The van der Waals surface area contributed by atoms with Crippen molar-refractivity contribution in [2.24, 2.45) is 0 Å². The molecule has 0 spiro atoms. The van der Waals surface area contributed by atoms with Crippen molar-refractivity contribution >= 4 is 44.9 Å². The number of rotatable bonds is 7. The first-order valence-electron chi connectivity index (χ1n) is 13.8. The van der Waals surface area contributed by atoms with Gasteiger partial charge in [0.2, 0.25) is 0 Å². The Morgan fingerprint density at radius 2 is 1.69 bits per heavy atom. The SMILES string of the molecule is CC1(C)C(=O)N(c2ccc(C#N)c(C3CC3)c2)C(=O)N1Cc1cc(C(F)(F)F)ccc1NC(=O)Nc1ccc(S(C)(=O)=O)cc1. The molecule has 1 saturated carbocycles. The Morgan fingerprint density at radius 1 is 1.02 bits per heavy atom. The molecule has 5 rings (SSSR count). The molecular weight excluding hydrogens is 611 g/mol. The summed E-state index contributed by atoms with van der Waals surface area (Å²) in [4.78, 5) is 42.3. The third-order valence-electron chi connectivity index (χ3n) is 7.80. The minimum absolute atomic E-state index is 0.0322. The number of hydrogen-bond acceptors (Lipinski definition) is 6. The van der Waals surface area contributed by atoms with Crippen LogP contribution in [0, 0.1) is 11.3 Å². The highest BCUT2D eigenvalue weighted by Gasteiger charge is 2.52. The van der Waals surface area contributed by atoms with Gasteiger partial charge in [-0.3, -0.25) is 4.79 Å². The van der Waals surface area contributed by atoms with Crippen LogP contribution in [0.1, 0.15) is 54.9 Å². The molecule has 2 aliphatic rings. The topological polar surface area (TPSA) is 140 Å². The fourth-order valence-corrected chi connectivity index (χ4v) is 5.75. The molecule has 0 radical (unpaired) electrons. The second kappa shape index (κ2) is 11.2. The standard InChI is InChI=1S/C31H28F3N5O5S/c1-30(2)27(40)39(23-10-6-19(16-35)25(15-23)18-4-5-18)29(42)38(30)17-20-14-21(31(32,33)34)7-13-26(20)37-28(41)36-22-8-11-24(12-9-22)45(3,43)44/h6-15,18H,4-5,17H2,1-3H3,(H2,36,37,41). The van der Waals surface area contributed by atoms with E-state index in [4.69, 9.17) is 0 Å². The number of carbonyl (C=O) groups is 3. The Hall–Kier alpha value is -4.90. The normalized spacial score (nSPS) is 16.5. The molecule has 234 valence electrons. The minimum atomic E-state index is -4.73. The molecule has 1 aliphatic carbocycles. The van der Waals surface area contributed by atoms with Gasteiger partial charge in [0.1, 0.15) is 5.54 Å². The molecule has 1 aliphatic heterocycles. The number of sulfone groups is 1. The van der Waals surface area contributed by atoms with Crippen LogP contribution in [0.5, 0.6) is 0 Å². The fourth-order valence-electron chi connectivity index (χ4n) is 5.12. The van der Waals surface area contributed by atoms with E-state index in [0.29, 0.717) is 5.56 Å². The van der Waals surface area contributed by atoms with E-state index in [-0.39, 0.29) is 33.4 Å². The number of imide groups is 1. The van der Waals surface area contributed by atoms with Gasteiger partial charge in [-0.25, -0.2) is 22.9 Å². The molecule has 5 amide bonds. The number of alkyl halides is 3. The van der Waals surface area contributed by atoms with Gasteiger partial charge in [0.15, 0.2) is 9.84 Å². The number of hydrogen-bond donors (Lipinski definition) is 2. The molecule has 1 heterocycles. The first-order valence-corrected chi connectivity index (χ1v) is 15.7. The number of nitrogens with zero attached hydrogens (tertiary/aromatic N) is 3. The number of nitrogens with one attached hydrogen (secondary N) is 2. The largest absolute Gasteiger partial charge is 0.416 e. The average Bonchev–Trinajstić information content (AvgIpc) is 3.79. The summed E-state index contributed by atoms with van der Waals surface area (Å²) < 4.78 is 64.6. The third-order valence-corrected chi connectivity index (χ3v) is 8.93. The Morgan fingerprint density at radius 3 is 2.27 bits per heavy atom. The zero-order chi connectivity index (χ0) is 32.9. The van der Waals surface area contributed by atoms with Crippen LogP contribution < -0.4 is 15.5 Å². The molecule has 1 saturated heterocycles. The Bertz CT molecular complexity index is 1860. The summed E-state index contributed by atoms with van der Waals surface area (Å²) >= 11 is 0. The van der Waals surface area contributed by atoms with Gasteiger partial charge in [0.25, 0.3) is 5.91 Å². The van der Waals surface area contributed by atoms with Crippen molar-refractivity contribution in [2.45, 2.75) is 55.8 Å². The molecule has 45 heavy (non-hydrogen) atoms. The van der Waals surface area contributed by atoms with Crippen LogP contribution in [0.3, 0.4) is 0 Å². The maximum atomic E-state index is 13.7. The number of amides is 5. The number of urea groups is 2. The summed E-state index contributed by atoms with van der Waals surface area (Å²) in [6.45, 7) is 2.50. The summed E-state index contributed by atoms with van der Waals surface area (Å²) in [5, 5.41) is 14.5. The summed E-state index contributed by atoms with van der Waals surface area (Å²) in [5.74, 6) is -0.449. The van der Waals surface area contributed by atoms with Crippen molar-refractivity contribution in [1.82, 2.24) is 4.90 Å².